The van der Waals surface area contributed by atoms with E-state index in [9.17, 15) is 0 Å². The first-order valence-corrected chi connectivity index (χ1v) is 29.5. The van der Waals surface area contributed by atoms with Crippen LogP contribution in [0.15, 0.2) is 109 Å². The van der Waals surface area contributed by atoms with Crippen LogP contribution in [-0.4, -0.2) is 39.9 Å². The van der Waals surface area contributed by atoms with Crippen LogP contribution in [0.25, 0.3) is 65.7 Å². The van der Waals surface area contributed by atoms with Crippen LogP contribution in [0.3, 0.4) is 0 Å². The van der Waals surface area contributed by atoms with Gasteiger partial charge in [-0.2, -0.15) is 0 Å². The third-order valence-corrected chi connectivity index (χ3v) is 10.2. The molecule has 6 aromatic carbocycles. The molecule has 4 bridgehead atoms. The largest absolute Gasteiger partial charge is 0.344 e. The van der Waals surface area contributed by atoms with Crippen molar-refractivity contribution in [3.8, 4) is 0 Å². The molecule has 4 aromatic heterocycles. The minimum atomic E-state index is -1.62. The molecular formula is C44H36Cl6Cr2N8. The Morgan fingerprint density at radius 3 is 1.63 bits per heavy atom. The number of para-hydroxylation sites is 2. The summed E-state index contributed by atoms with van der Waals surface area (Å²) < 4.78 is 0. The summed E-state index contributed by atoms with van der Waals surface area (Å²) in [6.07, 6.45) is 9.63. The van der Waals surface area contributed by atoms with Crippen LogP contribution in [0.2, 0.25) is 0 Å². The number of aryl methyl sites for hydroxylation is 2. The van der Waals surface area contributed by atoms with Gasteiger partial charge in [0.1, 0.15) is 0 Å². The second-order valence-corrected chi connectivity index (χ2v) is 26.6. The molecule has 0 unspecified atom stereocenters. The fraction of sp³-hybridized carbons (Fsp3) is 0.136. The molecule has 0 amide bonds. The maximum absolute atomic E-state index is 4.93. The number of nitrogens with zero attached hydrogens (tertiary/aromatic N) is 4. The number of hydrogen-bond acceptors (Lipinski definition) is 4. The molecule has 10 aromatic rings. The summed E-state index contributed by atoms with van der Waals surface area (Å²) in [5, 5.41) is 4.86. The van der Waals surface area contributed by atoms with E-state index in [4.69, 9.17) is 80.2 Å². The van der Waals surface area contributed by atoms with Gasteiger partial charge in [-0.1, -0.05) is 84.9 Å². The average Bonchev–Trinajstić information content (AvgIpc) is 4.04. The van der Waals surface area contributed by atoms with E-state index in [2.05, 4.69) is 142 Å². The summed E-state index contributed by atoms with van der Waals surface area (Å²) in [5.41, 5.74) is 11.4. The van der Waals surface area contributed by atoms with Crippen molar-refractivity contribution in [2.75, 3.05) is 0 Å². The van der Waals surface area contributed by atoms with Gasteiger partial charge in [0.15, 0.2) is 0 Å². The number of benzene rings is 6. The SMILES string of the molecule is [Cl][Cr+]([Cl])[Cl].[Cl][Cr+]([Cl])[Cl].c1cc2c3nc([nH]c3c1)C[CH-]Cc1nc3c(cccc3[nH]1)CC2.c1ccc2c(c1)ccc1[nH]c(C[CH-]Cc3nc4ccc5ccccc5c4[nH]3)nc12. The maximum Gasteiger partial charge on any atom is 0.0963 e. The summed E-state index contributed by atoms with van der Waals surface area (Å²) in [4.78, 5) is 33.0. The molecule has 5 heterocycles. The molecule has 1 aliphatic rings. The molecule has 60 heavy (non-hydrogen) atoms. The quantitative estimate of drug-likeness (QED) is 0.132. The van der Waals surface area contributed by atoms with Crippen molar-refractivity contribution in [3.05, 3.63) is 156 Å². The Bertz CT molecular complexity index is 2820. The number of aromatic nitrogens is 8. The summed E-state index contributed by atoms with van der Waals surface area (Å²) >= 11 is -3.25. The molecule has 11 rings (SSSR count). The van der Waals surface area contributed by atoms with Crippen molar-refractivity contribution in [1.82, 2.24) is 39.9 Å². The zero-order valence-electron chi connectivity index (χ0n) is 31.7. The summed E-state index contributed by atoms with van der Waals surface area (Å²) in [6.45, 7) is 0. The Hall–Kier alpha value is -3.48. The van der Waals surface area contributed by atoms with Crippen molar-refractivity contribution >= 4 is 126 Å². The minimum absolute atomic E-state index is 0.779. The predicted molar refractivity (Wildman–Crippen MR) is 245 cm³/mol. The number of rotatable bonds is 4. The van der Waals surface area contributed by atoms with Gasteiger partial charge in [-0.25, -0.2) is 19.9 Å². The fourth-order valence-electron chi connectivity index (χ4n) is 7.63. The third kappa shape index (κ3) is 10.6. The second kappa shape index (κ2) is 20.1. The summed E-state index contributed by atoms with van der Waals surface area (Å²) in [7, 11) is 29.6. The number of halogens is 6. The molecule has 306 valence electrons. The fourth-order valence-corrected chi connectivity index (χ4v) is 7.63. The van der Waals surface area contributed by atoms with Gasteiger partial charge < -0.3 is 32.8 Å². The summed E-state index contributed by atoms with van der Waals surface area (Å²) in [6, 6.07) is 38.1. The first-order valence-electron chi connectivity index (χ1n) is 18.9. The molecule has 1 aliphatic heterocycles. The topological polar surface area (TPSA) is 115 Å². The van der Waals surface area contributed by atoms with Crippen LogP contribution in [0.4, 0.5) is 0 Å². The molecule has 0 aliphatic carbocycles. The van der Waals surface area contributed by atoms with Gasteiger partial charge in [0.25, 0.3) is 0 Å². The number of fused-ring (bicyclic) bond motifs is 8. The number of nitrogens with one attached hydrogen (secondary N) is 4. The van der Waals surface area contributed by atoms with Gasteiger partial charge in [-0.3, -0.25) is 0 Å². The number of imidazole rings is 4. The van der Waals surface area contributed by atoms with E-state index in [0.717, 1.165) is 106 Å². The van der Waals surface area contributed by atoms with Crippen molar-refractivity contribution in [1.29, 1.82) is 0 Å². The van der Waals surface area contributed by atoms with E-state index >= 15 is 0 Å². The number of H-pyrrole nitrogens is 4. The third-order valence-electron chi connectivity index (χ3n) is 10.2. The van der Waals surface area contributed by atoms with Gasteiger partial charge in [0, 0.05) is 10.8 Å². The molecule has 0 atom stereocenters. The zero-order valence-corrected chi connectivity index (χ0v) is 38.7. The molecule has 4 N–H and O–H groups in total. The standard InChI is InChI=1S/C25H19N4.C19H17N4.6ClH.2Cr/c1-3-8-18-16(6-1)12-14-20-24(18)28-22(26-20)10-5-11-23-27-21-15-13-17-7-2-4-9-19(17)25(21)29-23;1-4-12-10-11-13-5-2-7-15-19(13)23-17(21-15)9-3-8-16-20-14(6-1)18(12)22-16;;;;;;;;/h1-9,12-15H,10-11H2,(H,26,28)(H,27,29);1-7H,8-11H2,(H,20,22)(H,21,23);6*1H;;/q2*-1;;;;;;;2*+4/p-6. The van der Waals surface area contributed by atoms with E-state index < -0.39 is 22.8 Å². The van der Waals surface area contributed by atoms with Gasteiger partial charge >= 0.3 is 83.1 Å². The molecular weight excluding hydrogens is 957 g/mol. The molecule has 0 radical (unpaired) electrons. The smallest absolute Gasteiger partial charge is 0.0963 e. The maximum atomic E-state index is 4.93. The van der Waals surface area contributed by atoms with Gasteiger partial charge in [0.2, 0.25) is 0 Å². The van der Waals surface area contributed by atoms with E-state index in [1.807, 2.05) is 0 Å². The number of hydrogen-bond donors (Lipinski definition) is 4. The van der Waals surface area contributed by atoms with Crippen LogP contribution in [0.1, 0.15) is 34.4 Å². The van der Waals surface area contributed by atoms with Crippen molar-refractivity contribution in [2.24, 2.45) is 0 Å². The van der Waals surface area contributed by atoms with Gasteiger partial charge in [-0.05, 0) is 59.0 Å². The minimum Gasteiger partial charge on any atom is -0.344 e. The molecule has 0 fully saturated rings. The van der Waals surface area contributed by atoms with Crippen LogP contribution in [0.5, 0.6) is 0 Å². The Morgan fingerprint density at radius 2 is 1.02 bits per heavy atom. The Morgan fingerprint density at radius 1 is 0.500 bits per heavy atom. The van der Waals surface area contributed by atoms with Crippen LogP contribution in [0, 0.1) is 12.8 Å². The molecule has 16 heteroatoms. The van der Waals surface area contributed by atoms with Crippen molar-refractivity contribution in [2.45, 2.75) is 38.5 Å². The van der Waals surface area contributed by atoms with Crippen molar-refractivity contribution in [3.63, 3.8) is 0 Å². The molecule has 0 saturated carbocycles. The van der Waals surface area contributed by atoms with E-state index in [1.54, 1.807) is 0 Å². The van der Waals surface area contributed by atoms with E-state index in [1.165, 1.54) is 32.7 Å². The van der Waals surface area contributed by atoms with Crippen LogP contribution >= 0.6 is 60.3 Å². The Labute approximate surface area is 380 Å². The van der Waals surface area contributed by atoms with Crippen LogP contribution in [-0.2, 0) is 61.3 Å². The normalized spacial score (nSPS) is 12.7. The summed E-state index contributed by atoms with van der Waals surface area (Å²) in [5.74, 6) is 4.03. The Balaban J connectivity index is 0.000000144. The van der Waals surface area contributed by atoms with Crippen LogP contribution < -0.4 is 0 Å². The van der Waals surface area contributed by atoms with Gasteiger partial charge in [-0.15, -0.1) is 25.7 Å². The van der Waals surface area contributed by atoms with E-state index in [-0.39, 0.29) is 0 Å². The van der Waals surface area contributed by atoms with Gasteiger partial charge in [0.05, 0.1) is 67.4 Å². The van der Waals surface area contributed by atoms with Crippen molar-refractivity contribution < 1.29 is 22.8 Å². The predicted octanol–water partition coefficient (Wildman–Crippen LogP) is 13.4. The molecule has 0 saturated heterocycles. The first-order chi connectivity index (χ1) is 29.2. The monoisotopic (exact) mass is 990 g/mol. The first kappa shape index (κ1) is 43.2. The number of aromatic amines is 4. The molecule has 8 nitrogen and oxygen atoms in total. The average molecular weight is 994 g/mol. The zero-order chi connectivity index (χ0) is 41.6. The molecule has 0 spiro atoms. The second-order valence-electron chi connectivity index (χ2n) is 14.0. The van der Waals surface area contributed by atoms with E-state index in [0.29, 0.717) is 0 Å². The Kier molecular flexibility index (Phi) is 14.5.